The predicted octanol–water partition coefficient (Wildman–Crippen LogP) is 3.19. The SMILES string of the molecule is Cc1ccc(S(=O)(=O)Nc2cc(-c3ccccc3)[nH]n2)cc1. The van der Waals surface area contributed by atoms with E-state index in [4.69, 9.17) is 0 Å². The maximum absolute atomic E-state index is 12.3. The summed E-state index contributed by atoms with van der Waals surface area (Å²) in [5, 5.41) is 6.83. The number of anilines is 1. The van der Waals surface area contributed by atoms with Gasteiger partial charge in [0.25, 0.3) is 10.0 Å². The highest BCUT2D eigenvalue weighted by Gasteiger charge is 2.15. The molecule has 2 N–H and O–H groups in total. The Hall–Kier alpha value is -2.60. The molecule has 6 heteroatoms. The molecule has 1 aromatic heterocycles. The van der Waals surface area contributed by atoms with Crippen LogP contribution in [0.5, 0.6) is 0 Å². The summed E-state index contributed by atoms with van der Waals surface area (Å²) in [5.74, 6) is 0.263. The van der Waals surface area contributed by atoms with Gasteiger partial charge in [-0.05, 0) is 24.6 Å². The lowest BCUT2D eigenvalue weighted by Gasteiger charge is -2.05. The molecule has 3 aromatic rings. The fraction of sp³-hybridized carbons (Fsp3) is 0.0625. The second-order valence-corrected chi connectivity index (χ2v) is 6.63. The fourth-order valence-corrected chi connectivity index (χ4v) is 3.05. The van der Waals surface area contributed by atoms with Crippen molar-refractivity contribution in [2.24, 2.45) is 0 Å². The zero-order chi connectivity index (χ0) is 15.6. The molecule has 0 unspecified atom stereocenters. The zero-order valence-electron chi connectivity index (χ0n) is 11.9. The lowest BCUT2D eigenvalue weighted by atomic mass is 10.2. The summed E-state index contributed by atoms with van der Waals surface area (Å²) >= 11 is 0. The van der Waals surface area contributed by atoms with E-state index in [1.54, 1.807) is 30.3 Å². The summed E-state index contributed by atoms with van der Waals surface area (Å²) in [4.78, 5) is 0.211. The van der Waals surface area contributed by atoms with Gasteiger partial charge in [0.1, 0.15) is 0 Å². The summed E-state index contributed by atoms with van der Waals surface area (Å²) < 4.78 is 27.1. The van der Waals surface area contributed by atoms with Crippen LogP contribution in [0.1, 0.15) is 5.56 Å². The van der Waals surface area contributed by atoms with Crippen LogP contribution < -0.4 is 4.72 Å². The molecular weight excluding hydrogens is 298 g/mol. The number of hydrogen-bond donors (Lipinski definition) is 2. The van der Waals surface area contributed by atoms with Crippen molar-refractivity contribution in [2.75, 3.05) is 4.72 Å². The number of hydrogen-bond acceptors (Lipinski definition) is 3. The fourth-order valence-electron chi connectivity index (χ4n) is 2.05. The van der Waals surface area contributed by atoms with Crippen LogP contribution in [0, 0.1) is 6.92 Å². The van der Waals surface area contributed by atoms with Gasteiger partial charge < -0.3 is 0 Å². The molecule has 0 bridgehead atoms. The minimum Gasteiger partial charge on any atom is -0.276 e. The van der Waals surface area contributed by atoms with Crippen molar-refractivity contribution in [3.63, 3.8) is 0 Å². The van der Waals surface area contributed by atoms with Gasteiger partial charge in [-0.2, -0.15) is 5.10 Å². The van der Waals surface area contributed by atoms with Crippen molar-refractivity contribution in [3.8, 4) is 11.3 Å². The van der Waals surface area contributed by atoms with E-state index in [9.17, 15) is 8.42 Å². The van der Waals surface area contributed by atoms with Crippen LogP contribution in [0.4, 0.5) is 5.82 Å². The minimum atomic E-state index is -3.63. The largest absolute Gasteiger partial charge is 0.276 e. The average Bonchev–Trinajstić information content (AvgIpc) is 2.96. The number of H-pyrrole nitrogens is 1. The lowest BCUT2D eigenvalue weighted by Crippen LogP contribution is -2.13. The highest BCUT2D eigenvalue weighted by atomic mass is 32.2. The summed E-state index contributed by atoms with van der Waals surface area (Å²) in [5.41, 5.74) is 2.70. The van der Waals surface area contributed by atoms with Crippen molar-refractivity contribution in [3.05, 3.63) is 66.2 Å². The number of rotatable bonds is 4. The van der Waals surface area contributed by atoms with Crippen molar-refractivity contribution in [1.29, 1.82) is 0 Å². The van der Waals surface area contributed by atoms with Crippen LogP contribution in [-0.4, -0.2) is 18.6 Å². The Morgan fingerprint density at radius 2 is 1.68 bits per heavy atom. The predicted molar refractivity (Wildman–Crippen MR) is 86.0 cm³/mol. The molecule has 2 aromatic carbocycles. The van der Waals surface area contributed by atoms with Crippen molar-refractivity contribution >= 4 is 15.8 Å². The molecule has 0 saturated heterocycles. The molecule has 0 amide bonds. The van der Waals surface area contributed by atoms with E-state index in [-0.39, 0.29) is 10.7 Å². The molecule has 0 aliphatic rings. The third-order valence-electron chi connectivity index (χ3n) is 3.23. The maximum atomic E-state index is 12.3. The van der Waals surface area contributed by atoms with E-state index in [2.05, 4.69) is 14.9 Å². The number of benzene rings is 2. The highest BCUT2D eigenvalue weighted by Crippen LogP contribution is 2.21. The van der Waals surface area contributed by atoms with Gasteiger partial charge in [-0.3, -0.25) is 9.82 Å². The Bertz CT molecular complexity index is 869. The monoisotopic (exact) mass is 313 g/mol. The van der Waals surface area contributed by atoms with Crippen LogP contribution in [-0.2, 0) is 10.0 Å². The summed E-state index contributed by atoms with van der Waals surface area (Å²) in [6.45, 7) is 1.91. The molecule has 112 valence electrons. The van der Waals surface area contributed by atoms with E-state index in [0.29, 0.717) is 0 Å². The molecule has 3 rings (SSSR count). The van der Waals surface area contributed by atoms with E-state index < -0.39 is 10.0 Å². The topological polar surface area (TPSA) is 74.8 Å². The van der Waals surface area contributed by atoms with Gasteiger partial charge in [0, 0.05) is 6.07 Å². The second kappa shape index (κ2) is 5.65. The minimum absolute atomic E-state index is 0.211. The van der Waals surface area contributed by atoms with E-state index in [1.165, 1.54) is 0 Å². The third kappa shape index (κ3) is 3.01. The van der Waals surface area contributed by atoms with E-state index in [0.717, 1.165) is 16.8 Å². The number of nitrogens with one attached hydrogen (secondary N) is 2. The lowest BCUT2D eigenvalue weighted by molar-refractivity contribution is 0.601. The molecule has 0 atom stereocenters. The molecule has 22 heavy (non-hydrogen) atoms. The second-order valence-electron chi connectivity index (χ2n) is 4.95. The van der Waals surface area contributed by atoms with Crippen molar-refractivity contribution in [1.82, 2.24) is 10.2 Å². The molecule has 0 aliphatic carbocycles. The third-order valence-corrected chi connectivity index (χ3v) is 4.60. The first-order valence-corrected chi connectivity index (χ1v) is 8.23. The summed E-state index contributed by atoms with van der Waals surface area (Å²) in [6, 6.07) is 17.9. The van der Waals surface area contributed by atoms with Gasteiger partial charge in [0.15, 0.2) is 5.82 Å². The van der Waals surface area contributed by atoms with Crippen LogP contribution in [0.2, 0.25) is 0 Å². The normalized spacial score (nSPS) is 11.3. The first-order chi connectivity index (χ1) is 10.5. The standard InChI is InChI=1S/C16H15N3O2S/c1-12-7-9-14(10-8-12)22(20,21)19-16-11-15(17-18-16)13-5-3-2-4-6-13/h2-11H,1H3,(H2,17,18,19). The number of aromatic nitrogens is 2. The smallest absolute Gasteiger partial charge is 0.263 e. The van der Waals surface area contributed by atoms with Crippen LogP contribution in [0.25, 0.3) is 11.3 Å². The van der Waals surface area contributed by atoms with Gasteiger partial charge >= 0.3 is 0 Å². The van der Waals surface area contributed by atoms with Crippen LogP contribution in [0.3, 0.4) is 0 Å². The number of nitrogens with zero attached hydrogens (tertiary/aromatic N) is 1. The first-order valence-electron chi connectivity index (χ1n) is 6.75. The maximum Gasteiger partial charge on any atom is 0.263 e. The molecule has 0 aliphatic heterocycles. The Balaban J connectivity index is 1.84. The number of aryl methyl sites for hydroxylation is 1. The molecule has 1 heterocycles. The molecule has 0 spiro atoms. The van der Waals surface area contributed by atoms with Crippen LogP contribution in [0.15, 0.2) is 65.6 Å². The number of aromatic amines is 1. The molecule has 0 radical (unpaired) electrons. The summed E-state index contributed by atoms with van der Waals surface area (Å²) in [6.07, 6.45) is 0. The van der Waals surface area contributed by atoms with Crippen molar-refractivity contribution in [2.45, 2.75) is 11.8 Å². The van der Waals surface area contributed by atoms with Crippen LogP contribution >= 0.6 is 0 Å². The van der Waals surface area contributed by atoms with E-state index >= 15 is 0 Å². The van der Waals surface area contributed by atoms with Gasteiger partial charge in [-0.25, -0.2) is 8.42 Å². The van der Waals surface area contributed by atoms with Gasteiger partial charge in [-0.15, -0.1) is 0 Å². The highest BCUT2D eigenvalue weighted by molar-refractivity contribution is 7.92. The van der Waals surface area contributed by atoms with Gasteiger partial charge in [-0.1, -0.05) is 48.0 Å². The Morgan fingerprint density at radius 3 is 2.36 bits per heavy atom. The number of sulfonamides is 1. The Morgan fingerprint density at radius 1 is 1.00 bits per heavy atom. The zero-order valence-corrected chi connectivity index (χ0v) is 12.8. The van der Waals surface area contributed by atoms with E-state index in [1.807, 2.05) is 37.3 Å². The molecule has 5 nitrogen and oxygen atoms in total. The Kier molecular flexibility index (Phi) is 3.68. The van der Waals surface area contributed by atoms with Gasteiger partial charge in [0.2, 0.25) is 0 Å². The molecular formula is C16H15N3O2S. The average molecular weight is 313 g/mol. The first kappa shape index (κ1) is 14.3. The molecule has 0 saturated carbocycles. The molecule has 0 fully saturated rings. The summed E-state index contributed by atoms with van der Waals surface area (Å²) in [7, 11) is -3.63. The van der Waals surface area contributed by atoms with Gasteiger partial charge in [0.05, 0.1) is 10.6 Å². The van der Waals surface area contributed by atoms with Crippen molar-refractivity contribution < 1.29 is 8.42 Å². The quantitative estimate of drug-likeness (QED) is 0.777. The Labute approximate surface area is 129 Å².